The number of ether oxygens (including phenoxy) is 1. The number of likely N-dealkylation sites (N-methyl/N-ethyl adjacent to an activating group) is 1. The van der Waals surface area contributed by atoms with E-state index in [0.29, 0.717) is 10.8 Å². The van der Waals surface area contributed by atoms with Gasteiger partial charge in [-0.3, -0.25) is 0 Å². The van der Waals surface area contributed by atoms with E-state index in [9.17, 15) is 0 Å². The highest BCUT2D eigenvalue weighted by molar-refractivity contribution is 6.30. The number of nitrogens with one attached hydrogen (secondary N) is 1. The highest BCUT2D eigenvalue weighted by atomic mass is 35.5. The molecule has 20 heavy (non-hydrogen) atoms. The molecular weight excluding hydrogens is 274 g/mol. The summed E-state index contributed by atoms with van der Waals surface area (Å²) in [5.41, 5.74) is 8.06. The predicted molar refractivity (Wildman–Crippen MR) is 80.0 cm³/mol. The van der Waals surface area contributed by atoms with Crippen molar-refractivity contribution in [2.75, 3.05) is 12.8 Å². The summed E-state index contributed by atoms with van der Waals surface area (Å²) in [4.78, 5) is 4.12. The van der Waals surface area contributed by atoms with Gasteiger partial charge in [-0.2, -0.15) is 0 Å². The number of nitrogens with two attached hydrogens (primary N) is 1. The summed E-state index contributed by atoms with van der Waals surface area (Å²) in [7, 11) is 1.89. The van der Waals surface area contributed by atoms with E-state index in [1.165, 1.54) is 5.56 Å². The van der Waals surface area contributed by atoms with E-state index >= 15 is 0 Å². The molecule has 0 saturated heterocycles. The zero-order chi connectivity index (χ0) is 14.1. The molecule has 2 aromatic rings. The van der Waals surface area contributed by atoms with Crippen LogP contribution in [-0.4, -0.2) is 18.1 Å². The molecule has 1 aromatic carbocycles. The molecular formula is C15H16ClN3O. The van der Waals surface area contributed by atoms with Crippen molar-refractivity contribution in [3.05, 3.63) is 52.7 Å². The minimum absolute atomic E-state index is 0.0139. The van der Waals surface area contributed by atoms with Gasteiger partial charge in [-0.25, -0.2) is 4.98 Å². The van der Waals surface area contributed by atoms with Crippen molar-refractivity contribution in [2.24, 2.45) is 0 Å². The first-order chi connectivity index (χ1) is 9.69. The molecule has 2 atom stereocenters. The molecule has 3 rings (SSSR count). The molecule has 0 fully saturated rings. The van der Waals surface area contributed by atoms with Crippen molar-refractivity contribution in [1.29, 1.82) is 0 Å². The Morgan fingerprint density at radius 2 is 2.25 bits per heavy atom. The Hall–Kier alpha value is -1.78. The third kappa shape index (κ3) is 2.32. The van der Waals surface area contributed by atoms with Gasteiger partial charge in [0, 0.05) is 18.2 Å². The summed E-state index contributed by atoms with van der Waals surface area (Å²) in [6, 6.07) is 9.87. The molecule has 5 heteroatoms. The van der Waals surface area contributed by atoms with E-state index in [2.05, 4.69) is 16.4 Å². The van der Waals surface area contributed by atoms with Crippen LogP contribution in [0.5, 0.6) is 5.75 Å². The van der Waals surface area contributed by atoms with Gasteiger partial charge in [0.15, 0.2) is 0 Å². The Kier molecular flexibility index (Phi) is 3.51. The number of halogens is 1. The maximum Gasteiger partial charge on any atom is 0.128 e. The molecule has 1 aliphatic heterocycles. The van der Waals surface area contributed by atoms with Gasteiger partial charge >= 0.3 is 0 Å². The number of hydrogen-bond donors (Lipinski definition) is 2. The first-order valence-electron chi connectivity index (χ1n) is 6.52. The quantitative estimate of drug-likeness (QED) is 0.912. The van der Waals surface area contributed by atoms with Crippen LogP contribution < -0.4 is 15.8 Å². The van der Waals surface area contributed by atoms with Crippen LogP contribution in [0.25, 0.3) is 0 Å². The minimum atomic E-state index is -0.0476. The van der Waals surface area contributed by atoms with Crippen LogP contribution in [0.2, 0.25) is 5.02 Å². The molecule has 2 heterocycles. The SMILES string of the molecule is CNC(c1cc(Cl)cnc1N)C1Cc2ccccc2O1. The third-order valence-corrected chi connectivity index (χ3v) is 3.81. The van der Waals surface area contributed by atoms with Crippen LogP contribution in [0.4, 0.5) is 5.82 Å². The fourth-order valence-corrected chi connectivity index (χ4v) is 2.82. The van der Waals surface area contributed by atoms with Gasteiger partial charge in [-0.15, -0.1) is 0 Å². The first kappa shape index (κ1) is 13.2. The van der Waals surface area contributed by atoms with Crippen molar-refractivity contribution in [2.45, 2.75) is 18.6 Å². The predicted octanol–water partition coefficient (Wildman–Crippen LogP) is 2.58. The number of benzene rings is 1. The van der Waals surface area contributed by atoms with Crippen LogP contribution >= 0.6 is 11.6 Å². The van der Waals surface area contributed by atoms with Crippen molar-refractivity contribution in [1.82, 2.24) is 10.3 Å². The smallest absolute Gasteiger partial charge is 0.128 e. The normalized spacial score (nSPS) is 18.4. The van der Waals surface area contributed by atoms with Crippen LogP contribution in [0.15, 0.2) is 36.5 Å². The van der Waals surface area contributed by atoms with Crippen molar-refractivity contribution in [3.63, 3.8) is 0 Å². The molecule has 104 valence electrons. The summed E-state index contributed by atoms with van der Waals surface area (Å²) < 4.78 is 6.02. The Morgan fingerprint density at radius 1 is 1.45 bits per heavy atom. The van der Waals surface area contributed by atoms with Crippen LogP contribution in [0, 0.1) is 0 Å². The standard InChI is InChI=1S/C15H16ClN3O/c1-18-14(11-7-10(16)8-19-15(11)17)13-6-9-4-2-3-5-12(9)20-13/h2-5,7-8,13-14,18H,6H2,1H3,(H2,17,19). The Labute approximate surface area is 122 Å². The molecule has 3 N–H and O–H groups in total. The van der Waals surface area contributed by atoms with Gasteiger partial charge in [0.25, 0.3) is 0 Å². The Balaban J connectivity index is 1.91. The lowest BCUT2D eigenvalue weighted by molar-refractivity contribution is 0.184. The summed E-state index contributed by atoms with van der Waals surface area (Å²) in [5, 5.41) is 3.83. The van der Waals surface area contributed by atoms with E-state index in [-0.39, 0.29) is 12.1 Å². The van der Waals surface area contributed by atoms with Crippen molar-refractivity contribution >= 4 is 17.4 Å². The zero-order valence-electron chi connectivity index (χ0n) is 11.1. The topological polar surface area (TPSA) is 60.2 Å². The second-order valence-electron chi connectivity index (χ2n) is 4.86. The largest absolute Gasteiger partial charge is 0.488 e. The maximum atomic E-state index is 6.03. The molecule has 0 spiro atoms. The van der Waals surface area contributed by atoms with Gasteiger partial charge < -0.3 is 15.8 Å². The van der Waals surface area contributed by atoms with Crippen molar-refractivity contribution < 1.29 is 4.74 Å². The van der Waals surface area contributed by atoms with E-state index in [1.54, 1.807) is 6.20 Å². The third-order valence-electron chi connectivity index (χ3n) is 3.61. The number of rotatable bonds is 3. The average molecular weight is 290 g/mol. The second kappa shape index (κ2) is 5.31. The fourth-order valence-electron chi connectivity index (χ4n) is 2.65. The number of fused-ring (bicyclic) bond motifs is 1. The lowest BCUT2D eigenvalue weighted by atomic mass is 9.98. The number of nitrogen functional groups attached to an aromatic ring is 1. The van der Waals surface area contributed by atoms with E-state index < -0.39 is 0 Å². The fraction of sp³-hybridized carbons (Fsp3) is 0.267. The number of nitrogens with zero attached hydrogens (tertiary/aromatic N) is 1. The minimum Gasteiger partial charge on any atom is -0.488 e. The van der Waals surface area contributed by atoms with Crippen LogP contribution in [0.1, 0.15) is 17.2 Å². The first-order valence-corrected chi connectivity index (χ1v) is 6.89. The molecule has 0 aliphatic carbocycles. The maximum absolute atomic E-state index is 6.03. The highest BCUT2D eigenvalue weighted by Crippen LogP contribution is 2.35. The van der Waals surface area contributed by atoms with E-state index in [4.69, 9.17) is 22.1 Å². The molecule has 1 aliphatic rings. The lowest BCUT2D eigenvalue weighted by Crippen LogP contribution is -2.33. The van der Waals surface area contributed by atoms with Gasteiger partial charge in [0.05, 0.1) is 11.1 Å². The molecule has 0 bridgehead atoms. The van der Waals surface area contributed by atoms with Gasteiger partial charge in [0.2, 0.25) is 0 Å². The number of hydrogen-bond acceptors (Lipinski definition) is 4. The average Bonchev–Trinajstić information content (AvgIpc) is 2.87. The summed E-state index contributed by atoms with van der Waals surface area (Å²) >= 11 is 6.03. The molecule has 0 amide bonds. The summed E-state index contributed by atoms with van der Waals surface area (Å²) in [5.74, 6) is 1.42. The summed E-state index contributed by atoms with van der Waals surface area (Å²) in [6.45, 7) is 0. The molecule has 4 nitrogen and oxygen atoms in total. The number of aromatic nitrogens is 1. The van der Waals surface area contributed by atoms with Gasteiger partial charge in [-0.1, -0.05) is 29.8 Å². The van der Waals surface area contributed by atoms with Gasteiger partial charge in [0.1, 0.15) is 17.7 Å². The van der Waals surface area contributed by atoms with E-state index in [1.807, 2.05) is 31.3 Å². The second-order valence-corrected chi connectivity index (χ2v) is 5.30. The van der Waals surface area contributed by atoms with Crippen LogP contribution in [-0.2, 0) is 6.42 Å². The summed E-state index contributed by atoms with van der Waals surface area (Å²) in [6.07, 6.45) is 2.38. The molecule has 0 radical (unpaired) electrons. The highest BCUT2D eigenvalue weighted by Gasteiger charge is 2.31. The molecule has 2 unspecified atom stereocenters. The zero-order valence-corrected chi connectivity index (χ0v) is 11.9. The Bertz CT molecular complexity index is 607. The molecule has 0 saturated carbocycles. The number of pyridine rings is 1. The lowest BCUT2D eigenvalue weighted by Gasteiger charge is -2.24. The number of anilines is 1. The van der Waals surface area contributed by atoms with Crippen LogP contribution in [0.3, 0.4) is 0 Å². The Morgan fingerprint density at radius 3 is 3.00 bits per heavy atom. The molecule has 1 aromatic heterocycles. The van der Waals surface area contributed by atoms with Crippen molar-refractivity contribution in [3.8, 4) is 5.75 Å². The van der Waals surface area contributed by atoms with Gasteiger partial charge in [-0.05, 0) is 24.7 Å². The number of para-hydroxylation sites is 1. The monoisotopic (exact) mass is 289 g/mol. The van der Waals surface area contributed by atoms with E-state index in [0.717, 1.165) is 17.7 Å².